The zero-order chi connectivity index (χ0) is 15.9. The Morgan fingerprint density at radius 3 is 2.59 bits per heavy atom. The molecule has 0 unspecified atom stereocenters. The molecule has 5 nitrogen and oxygen atoms in total. The summed E-state index contributed by atoms with van der Waals surface area (Å²) in [4.78, 5) is 12.0. The largest absolute Gasteiger partial charge is 0.493 e. The smallest absolute Gasteiger partial charge is 0.272 e. The first-order chi connectivity index (χ1) is 10.7. The van der Waals surface area contributed by atoms with Crippen LogP contribution in [0.25, 0.3) is 0 Å². The van der Waals surface area contributed by atoms with E-state index in [0.29, 0.717) is 27.6 Å². The minimum absolute atomic E-state index is 0.360. The van der Waals surface area contributed by atoms with Gasteiger partial charge in [-0.15, -0.1) is 0 Å². The number of carbonyl (C=O) groups is 1. The van der Waals surface area contributed by atoms with Crippen LogP contribution in [-0.4, -0.2) is 26.3 Å². The van der Waals surface area contributed by atoms with Gasteiger partial charge in [0.2, 0.25) is 0 Å². The van der Waals surface area contributed by atoms with Gasteiger partial charge in [-0.25, -0.2) is 5.43 Å². The van der Waals surface area contributed by atoms with Gasteiger partial charge < -0.3 is 9.47 Å². The van der Waals surface area contributed by atoms with Gasteiger partial charge in [0.05, 0.1) is 31.0 Å². The van der Waals surface area contributed by atoms with Gasteiger partial charge in [0, 0.05) is 5.56 Å². The number of halogens is 1. The number of nitrogens with zero attached hydrogens (tertiary/aromatic N) is 1. The van der Waals surface area contributed by atoms with Crippen molar-refractivity contribution < 1.29 is 14.3 Å². The van der Waals surface area contributed by atoms with Crippen molar-refractivity contribution >= 4 is 23.7 Å². The van der Waals surface area contributed by atoms with E-state index in [4.69, 9.17) is 21.1 Å². The molecule has 0 radical (unpaired) electrons. The van der Waals surface area contributed by atoms with Crippen molar-refractivity contribution in [3.05, 3.63) is 58.6 Å². The lowest BCUT2D eigenvalue weighted by atomic mass is 10.2. The number of hydrazone groups is 1. The van der Waals surface area contributed by atoms with Crippen LogP contribution in [0.1, 0.15) is 15.9 Å². The molecule has 0 fully saturated rings. The van der Waals surface area contributed by atoms with Crippen molar-refractivity contribution in [3.8, 4) is 11.5 Å². The number of amides is 1. The molecule has 22 heavy (non-hydrogen) atoms. The van der Waals surface area contributed by atoms with E-state index in [-0.39, 0.29) is 5.91 Å². The van der Waals surface area contributed by atoms with E-state index >= 15 is 0 Å². The molecular weight excluding hydrogens is 304 g/mol. The quantitative estimate of drug-likeness (QED) is 0.680. The normalized spacial score (nSPS) is 10.5. The maximum atomic E-state index is 12.0. The fourth-order valence-electron chi connectivity index (χ4n) is 1.88. The molecule has 0 aliphatic rings. The van der Waals surface area contributed by atoms with Crippen LogP contribution in [0.2, 0.25) is 5.02 Å². The van der Waals surface area contributed by atoms with Crippen molar-refractivity contribution in [1.82, 2.24) is 5.43 Å². The zero-order valence-corrected chi connectivity index (χ0v) is 12.9. The minimum atomic E-state index is -0.385. The minimum Gasteiger partial charge on any atom is -0.493 e. The maximum absolute atomic E-state index is 12.0. The highest BCUT2D eigenvalue weighted by Gasteiger charge is 2.09. The number of methoxy groups -OCH3 is 2. The second kappa shape index (κ2) is 7.47. The molecule has 2 rings (SSSR count). The predicted octanol–water partition coefficient (Wildman–Crippen LogP) is 3.12. The highest BCUT2D eigenvalue weighted by molar-refractivity contribution is 6.33. The number of ether oxygens (including phenoxy) is 2. The molecule has 0 heterocycles. The van der Waals surface area contributed by atoms with Gasteiger partial charge in [-0.3, -0.25) is 4.79 Å². The van der Waals surface area contributed by atoms with Crippen LogP contribution >= 0.6 is 11.6 Å². The Kier molecular flexibility index (Phi) is 5.38. The topological polar surface area (TPSA) is 59.9 Å². The van der Waals surface area contributed by atoms with Crippen LogP contribution in [0.15, 0.2) is 47.6 Å². The fraction of sp³-hybridized carbons (Fsp3) is 0.125. The second-order valence-electron chi connectivity index (χ2n) is 4.26. The Labute approximate surface area is 133 Å². The average molecular weight is 319 g/mol. The van der Waals surface area contributed by atoms with E-state index < -0.39 is 0 Å². The molecule has 1 amide bonds. The van der Waals surface area contributed by atoms with Crippen LogP contribution in [-0.2, 0) is 0 Å². The third-order valence-electron chi connectivity index (χ3n) is 2.92. The van der Waals surface area contributed by atoms with Crippen molar-refractivity contribution in [2.45, 2.75) is 0 Å². The first kappa shape index (κ1) is 15.9. The Hall–Kier alpha value is -2.53. The van der Waals surface area contributed by atoms with Crippen molar-refractivity contribution in [2.24, 2.45) is 5.10 Å². The van der Waals surface area contributed by atoms with E-state index in [1.54, 1.807) is 49.6 Å². The first-order valence-corrected chi connectivity index (χ1v) is 6.84. The van der Waals surface area contributed by atoms with Crippen molar-refractivity contribution in [1.29, 1.82) is 0 Å². The second-order valence-corrected chi connectivity index (χ2v) is 4.67. The van der Waals surface area contributed by atoms with E-state index in [9.17, 15) is 4.79 Å². The number of para-hydroxylation sites is 1. The van der Waals surface area contributed by atoms with Crippen molar-refractivity contribution in [2.75, 3.05) is 14.2 Å². The van der Waals surface area contributed by atoms with Crippen LogP contribution in [0.4, 0.5) is 0 Å². The Balaban J connectivity index is 2.13. The number of benzene rings is 2. The van der Waals surface area contributed by atoms with Gasteiger partial charge in [0.1, 0.15) is 0 Å². The molecule has 6 heteroatoms. The van der Waals surface area contributed by atoms with Crippen LogP contribution in [0.5, 0.6) is 11.5 Å². The molecule has 0 aromatic heterocycles. The predicted molar refractivity (Wildman–Crippen MR) is 86.1 cm³/mol. The average Bonchev–Trinajstić information content (AvgIpc) is 2.54. The Morgan fingerprint density at radius 2 is 1.91 bits per heavy atom. The monoisotopic (exact) mass is 318 g/mol. The highest BCUT2D eigenvalue weighted by atomic mass is 35.5. The lowest BCUT2D eigenvalue weighted by Gasteiger charge is -2.09. The molecule has 0 saturated heterocycles. The summed E-state index contributed by atoms with van der Waals surface area (Å²) >= 11 is 5.95. The molecule has 2 aromatic rings. The third-order valence-corrected chi connectivity index (χ3v) is 3.25. The zero-order valence-electron chi connectivity index (χ0n) is 12.2. The van der Waals surface area contributed by atoms with Gasteiger partial charge in [0.25, 0.3) is 5.91 Å². The summed E-state index contributed by atoms with van der Waals surface area (Å²) in [6, 6.07) is 12.1. The summed E-state index contributed by atoms with van der Waals surface area (Å²) in [5, 5.41) is 4.29. The van der Waals surface area contributed by atoms with Gasteiger partial charge in [-0.2, -0.15) is 5.10 Å². The SMILES string of the molecule is COc1cccc(C=NNC(=O)c2ccccc2Cl)c1OC. The van der Waals surface area contributed by atoms with Gasteiger partial charge in [-0.1, -0.05) is 29.8 Å². The van der Waals surface area contributed by atoms with Crippen molar-refractivity contribution in [3.63, 3.8) is 0 Å². The maximum Gasteiger partial charge on any atom is 0.272 e. The summed E-state index contributed by atoms with van der Waals surface area (Å²) in [7, 11) is 3.09. The number of nitrogens with one attached hydrogen (secondary N) is 1. The van der Waals surface area contributed by atoms with E-state index in [0.717, 1.165) is 0 Å². The molecular formula is C16H15ClN2O3. The summed E-state index contributed by atoms with van der Waals surface area (Å²) < 4.78 is 10.5. The molecule has 0 saturated carbocycles. The molecule has 0 aliphatic heterocycles. The molecule has 0 atom stereocenters. The standard InChI is InChI=1S/C16H15ClN2O3/c1-21-14-9-5-6-11(15(14)22-2)10-18-19-16(20)12-7-3-4-8-13(12)17/h3-10H,1-2H3,(H,19,20). The number of carbonyl (C=O) groups excluding carboxylic acids is 1. The Bertz CT molecular complexity index is 702. The highest BCUT2D eigenvalue weighted by Crippen LogP contribution is 2.29. The first-order valence-electron chi connectivity index (χ1n) is 6.46. The fourth-order valence-corrected chi connectivity index (χ4v) is 2.10. The molecule has 114 valence electrons. The number of hydrogen-bond donors (Lipinski definition) is 1. The number of hydrogen-bond acceptors (Lipinski definition) is 4. The van der Waals surface area contributed by atoms with Crippen LogP contribution < -0.4 is 14.9 Å². The molecule has 2 aromatic carbocycles. The lowest BCUT2D eigenvalue weighted by Crippen LogP contribution is -2.18. The molecule has 1 N–H and O–H groups in total. The van der Waals surface area contributed by atoms with E-state index in [1.807, 2.05) is 0 Å². The van der Waals surface area contributed by atoms with Gasteiger partial charge >= 0.3 is 0 Å². The molecule has 0 aliphatic carbocycles. The summed E-state index contributed by atoms with van der Waals surface area (Å²) in [5.74, 6) is 0.744. The Morgan fingerprint density at radius 1 is 1.14 bits per heavy atom. The lowest BCUT2D eigenvalue weighted by molar-refractivity contribution is 0.0955. The number of rotatable bonds is 5. The molecule has 0 spiro atoms. The van der Waals surface area contributed by atoms with E-state index in [2.05, 4.69) is 10.5 Å². The third kappa shape index (κ3) is 3.56. The van der Waals surface area contributed by atoms with Gasteiger partial charge in [0.15, 0.2) is 11.5 Å². The van der Waals surface area contributed by atoms with Crippen LogP contribution in [0, 0.1) is 0 Å². The summed E-state index contributed by atoms with van der Waals surface area (Å²) in [6.45, 7) is 0. The van der Waals surface area contributed by atoms with Gasteiger partial charge in [-0.05, 0) is 24.3 Å². The summed E-state index contributed by atoms with van der Waals surface area (Å²) in [5.41, 5.74) is 3.47. The van der Waals surface area contributed by atoms with Crippen LogP contribution in [0.3, 0.4) is 0 Å². The summed E-state index contributed by atoms with van der Waals surface area (Å²) in [6.07, 6.45) is 1.48. The van der Waals surface area contributed by atoms with E-state index in [1.165, 1.54) is 13.3 Å². The molecule has 0 bridgehead atoms.